The van der Waals surface area contributed by atoms with Crippen molar-refractivity contribution in [2.75, 3.05) is 38.7 Å². The van der Waals surface area contributed by atoms with E-state index >= 15 is 0 Å². The van der Waals surface area contributed by atoms with E-state index in [-0.39, 0.29) is 17.9 Å². The molecule has 6 nitrogen and oxygen atoms in total. The quantitative estimate of drug-likeness (QED) is 0.753. The van der Waals surface area contributed by atoms with Crippen molar-refractivity contribution in [3.63, 3.8) is 0 Å². The maximum atomic E-state index is 12.6. The second-order valence-electron chi connectivity index (χ2n) is 6.96. The Morgan fingerprint density at radius 1 is 1.14 bits per heavy atom. The predicted octanol–water partition coefficient (Wildman–Crippen LogP) is 3.47. The van der Waals surface area contributed by atoms with E-state index in [2.05, 4.69) is 10.6 Å². The molecule has 6 heteroatoms. The topological polar surface area (TPSA) is 70.7 Å². The summed E-state index contributed by atoms with van der Waals surface area (Å²) in [7, 11) is 1.61. The van der Waals surface area contributed by atoms with Crippen LogP contribution in [0.1, 0.15) is 34.7 Å². The number of ether oxygens (including phenoxy) is 1. The van der Waals surface area contributed by atoms with Crippen LogP contribution in [0.4, 0.5) is 10.5 Å². The molecule has 0 radical (unpaired) electrons. The number of likely N-dealkylation sites (tertiary alicyclic amines) is 1. The van der Waals surface area contributed by atoms with E-state index in [9.17, 15) is 9.59 Å². The Bertz CT molecular complexity index is 795. The van der Waals surface area contributed by atoms with Crippen molar-refractivity contribution in [1.29, 1.82) is 0 Å². The molecule has 3 amide bonds. The molecule has 3 rings (SSSR count). The molecule has 0 aromatic heterocycles. The molecular weight excluding hydrogens is 354 g/mol. The first-order chi connectivity index (χ1) is 13.7. The molecule has 1 fully saturated rings. The second kappa shape index (κ2) is 9.90. The molecule has 28 heavy (non-hydrogen) atoms. The van der Waals surface area contributed by atoms with Crippen molar-refractivity contribution in [3.8, 4) is 0 Å². The van der Waals surface area contributed by atoms with Gasteiger partial charge in [-0.25, -0.2) is 4.79 Å². The highest BCUT2D eigenvalue weighted by Gasteiger charge is 2.25. The molecule has 1 unspecified atom stereocenters. The number of methoxy groups -OCH3 is 1. The molecule has 1 aliphatic heterocycles. The highest BCUT2D eigenvalue weighted by molar-refractivity contribution is 5.94. The van der Waals surface area contributed by atoms with Crippen molar-refractivity contribution in [2.45, 2.75) is 18.8 Å². The van der Waals surface area contributed by atoms with E-state index in [1.807, 2.05) is 59.5 Å². The van der Waals surface area contributed by atoms with Gasteiger partial charge in [0.1, 0.15) is 0 Å². The zero-order valence-corrected chi connectivity index (χ0v) is 16.2. The van der Waals surface area contributed by atoms with Crippen LogP contribution in [-0.2, 0) is 4.74 Å². The van der Waals surface area contributed by atoms with Crippen LogP contribution in [-0.4, -0.2) is 50.2 Å². The molecule has 2 aromatic carbocycles. The van der Waals surface area contributed by atoms with Gasteiger partial charge in [0.2, 0.25) is 0 Å². The van der Waals surface area contributed by atoms with Crippen LogP contribution >= 0.6 is 0 Å². The Hall–Kier alpha value is -2.86. The Balaban J connectivity index is 1.63. The van der Waals surface area contributed by atoms with E-state index in [4.69, 9.17) is 4.74 Å². The van der Waals surface area contributed by atoms with Crippen molar-refractivity contribution in [1.82, 2.24) is 10.2 Å². The van der Waals surface area contributed by atoms with Gasteiger partial charge >= 0.3 is 6.03 Å². The lowest BCUT2D eigenvalue weighted by atomic mass is 9.89. The monoisotopic (exact) mass is 381 g/mol. The van der Waals surface area contributed by atoms with Gasteiger partial charge in [-0.15, -0.1) is 0 Å². The van der Waals surface area contributed by atoms with Crippen molar-refractivity contribution in [3.05, 3.63) is 65.7 Å². The number of nitrogens with zero attached hydrogens (tertiary/aromatic N) is 1. The van der Waals surface area contributed by atoms with Gasteiger partial charge in [-0.05, 0) is 42.7 Å². The van der Waals surface area contributed by atoms with E-state index in [0.717, 1.165) is 30.6 Å². The van der Waals surface area contributed by atoms with Gasteiger partial charge < -0.3 is 20.3 Å². The maximum Gasteiger partial charge on any atom is 0.321 e. The summed E-state index contributed by atoms with van der Waals surface area (Å²) in [4.78, 5) is 26.7. The number of carbonyl (C=O) groups excluding carboxylic acids is 2. The van der Waals surface area contributed by atoms with E-state index in [1.165, 1.54) is 0 Å². The first-order valence-corrected chi connectivity index (χ1v) is 9.65. The molecule has 0 aliphatic carbocycles. The van der Waals surface area contributed by atoms with Crippen molar-refractivity contribution < 1.29 is 14.3 Å². The van der Waals surface area contributed by atoms with Crippen molar-refractivity contribution >= 4 is 17.6 Å². The lowest BCUT2D eigenvalue weighted by Crippen LogP contribution is -2.41. The standard InChI is InChI=1S/C22H27N3O3/c1-28-14-12-23-21(26)18-8-5-7-17(15-18)19-9-6-13-25(16-19)22(27)24-20-10-3-2-4-11-20/h2-5,7-8,10-11,15,19H,6,9,12-14,16H2,1H3,(H,23,26)(H,24,27). The minimum absolute atomic E-state index is 0.0793. The van der Waals surface area contributed by atoms with Gasteiger partial charge in [0.05, 0.1) is 6.61 Å². The number of para-hydroxylation sites is 1. The summed E-state index contributed by atoms with van der Waals surface area (Å²) < 4.78 is 4.97. The van der Waals surface area contributed by atoms with Crippen LogP contribution in [0.3, 0.4) is 0 Å². The molecule has 1 saturated heterocycles. The van der Waals surface area contributed by atoms with E-state index < -0.39 is 0 Å². The Labute approximate surface area is 165 Å². The molecule has 2 N–H and O–H groups in total. The molecule has 1 atom stereocenters. The maximum absolute atomic E-state index is 12.6. The summed E-state index contributed by atoms with van der Waals surface area (Å²) in [6, 6.07) is 17.1. The molecule has 148 valence electrons. The first-order valence-electron chi connectivity index (χ1n) is 9.65. The second-order valence-corrected chi connectivity index (χ2v) is 6.96. The Morgan fingerprint density at radius 2 is 1.96 bits per heavy atom. The summed E-state index contributed by atoms with van der Waals surface area (Å²) in [5, 5.41) is 5.80. The fourth-order valence-corrected chi connectivity index (χ4v) is 3.46. The lowest BCUT2D eigenvalue weighted by molar-refractivity contribution is 0.0937. The van der Waals surface area contributed by atoms with Crippen molar-refractivity contribution in [2.24, 2.45) is 0 Å². The van der Waals surface area contributed by atoms with Gasteiger partial charge in [0.25, 0.3) is 5.91 Å². The number of hydrogen-bond acceptors (Lipinski definition) is 3. The van der Waals surface area contributed by atoms with E-state index in [1.54, 1.807) is 7.11 Å². The molecule has 0 spiro atoms. The Kier molecular flexibility index (Phi) is 7.03. The van der Waals surface area contributed by atoms with Gasteiger partial charge in [-0.1, -0.05) is 30.3 Å². The third-order valence-corrected chi connectivity index (χ3v) is 4.95. The van der Waals surface area contributed by atoms with E-state index in [0.29, 0.717) is 25.3 Å². The molecule has 1 aliphatic rings. The SMILES string of the molecule is COCCNC(=O)c1cccc(C2CCCN(C(=O)Nc3ccccc3)C2)c1. The molecule has 2 aromatic rings. The zero-order chi connectivity index (χ0) is 19.8. The minimum Gasteiger partial charge on any atom is -0.383 e. The van der Waals surface area contributed by atoms with Crippen LogP contribution in [0.2, 0.25) is 0 Å². The number of amides is 3. The smallest absolute Gasteiger partial charge is 0.321 e. The van der Waals surface area contributed by atoms with Gasteiger partial charge in [0, 0.05) is 43.9 Å². The average Bonchev–Trinajstić information content (AvgIpc) is 2.75. The highest BCUT2D eigenvalue weighted by atomic mass is 16.5. The third-order valence-electron chi connectivity index (χ3n) is 4.95. The first kappa shape index (κ1) is 19.9. The summed E-state index contributed by atoms with van der Waals surface area (Å²) >= 11 is 0. The highest BCUT2D eigenvalue weighted by Crippen LogP contribution is 2.28. The summed E-state index contributed by atoms with van der Waals surface area (Å²) in [6.07, 6.45) is 1.95. The lowest BCUT2D eigenvalue weighted by Gasteiger charge is -2.33. The van der Waals surface area contributed by atoms with Gasteiger partial charge in [-0.3, -0.25) is 4.79 Å². The molecule has 0 saturated carbocycles. The molecular formula is C22H27N3O3. The Morgan fingerprint density at radius 3 is 2.75 bits per heavy atom. The number of hydrogen-bond donors (Lipinski definition) is 2. The predicted molar refractivity (Wildman–Crippen MR) is 110 cm³/mol. The number of piperidine rings is 1. The normalized spacial score (nSPS) is 16.5. The number of carbonyl (C=O) groups is 2. The summed E-state index contributed by atoms with van der Waals surface area (Å²) in [6.45, 7) is 2.36. The summed E-state index contributed by atoms with van der Waals surface area (Å²) in [5.41, 5.74) is 2.53. The fraction of sp³-hybridized carbons (Fsp3) is 0.364. The third kappa shape index (κ3) is 5.33. The van der Waals surface area contributed by atoms with Crippen LogP contribution < -0.4 is 10.6 Å². The van der Waals surface area contributed by atoms with Gasteiger partial charge in [0.15, 0.2) is 0 Å². The number of anilines is 1. The number of nitrogens with one attached hydrogen (secondary N) is 2. The average molecular weight is 381 g/mol. The zero-order valence-electron chi connectivity index (χ0n) is 16.2. The number of urea groups is 1. The fourth-order valence-electron chi connectivity index (χ4n) is 3.46. The van der Waals surface area contributed by atoms with Crippen LogP contribution in [0.15, 0.2) is 54.6 Å². The molecule has 1 heterocycles. The minimum atomic E-state index is -0.103. The summed E-state index contributed by atoms with van der Waals surface area (Å²) in [5.74, 6) is 0.121. The molecule has 0 bridgehead atoms. The largest absolute Gasteiger partial charge is 0.383 e. The number of benzene rings is 2. The van der Waals surface area contributed by atoms with Crippen LogP contribution in [0.25, 0.3) is 0 Å². The van der Waals surface area contributed by atoms with Gasteiger partial charge in [-0.2, -0.15) is 0 Å². The number of rotatable bonds is 6. The van der Waals surface area contributed by atoms with Crippen LogP contribution in [0.5, 0.6) is 0 Å². The van der Waals surface area contributed by atoms with Crippen LogP contribution in [0, 0.1) is 0 Å².